The number of rotatable bonds is 7. The molecule has 7 heteroatoms. The number of amides is 1. The molecule has 1 saturated heterocycles. The van der Waals surface area contributed by atoms with Crippen LogP contribution in [0.15, 0.2) is 0 Å². The minimum absolute atomic E-state index is 0.00382. The molecular weight excluding hydrogens is 254 g/mol. The third-order valence-corrected chi connectivity index (χ3v) is 3.72. The first kappa shape index (κ1) is 15.4. The Kier molecular flexibility index (Phi) is 6.59. The van der Waals surface area contributed by atoms with Gasteiger partial charge in [0.25, 0.3) is 0 Å². The van der Waals surface area contributed by atoms with Crippen molar-refractivity contribution < 1.29 is 13.2 Å². The van der Waals surface area contributed by atoms with Gasteiger partial charge in [0.1, 0.15) is 0 Å². The Morgan fingerprint density at radius 3 is 2.78 bits per heavy atom. The number of hydrogen-bond donors (Lipinski definition) is 3. The summed E-state index contributed by atoms with van der Waals surface area (Å²) in [7, 11) is -3.16. The Bertz CT molecular complexity index is 351. The number of hydrogen-bond acceptors (Lipinski definition) is 4. The van der Waals surface area contributed by atoms with Crippen molar-refractivity contribution >= 4 is 15.9 Å². The molecule has 1 rings (SSSR count). The van der Waals surface area contributed by atoms with E-state index in [1.165, 1.54) is 12.8 Å². The highest BCUT2D eigenvalue weighted by Gasteiger charge is 2.14. The van der Waals surface area contributed by atoms with Crippen LogP contribution in [0, 0.1) is 5.92 Å². The van der Waals surface area contributed by atoms with Crippen LogP contribution in [0.2, 0.25) is 0 Å². The minimum Gasteiger partial charge on any atom is -0.355 e. The van der Waals surface area contributed by atoms with E-state index in [4.69, 9.17) is 0 Å². The summed E-state index contributed by atoms with van der Waals surface area (Å²) in [5, 5.41) is 6.03. The highest BCUT2D eigenvalue weighted by molar-refractivity contribution is 7.88. The zero-order valence-electron chi connectivity index (χ0n) is 10.9. The standard InChI is InChI=1S/C11H23N3O3S/c1-18(16,17)14-8-7-13-11(15)5-4-10-3-2-6-12-9-10/h10,12,14H,2-9H2,1H3,(H,13,15). The second-order valence-electron chi connectivity index (χ2n) is 4.77. The van der Waals surface area contributed by atoms with E-state index in [2.05, 4.69) is 15.4 Å². The van der Waals surface area contributed by atoms with Gasteiger partial charge < -0.3 is 10.6 Å². The maximum atomic E-state index is 11.5. The molecule has 1 atom stereocenters. The predicted octanol–water partition coefficient (Wildman–Crippen LogP) is -0.568. The number of carbonyl (C=O) groups excluding carboxylic acids is 1. The lowest BCUT2D eigenvalue weighted by molar-refractivity contribution is -0.121. The van der Waals surface area contributed by atoms with Gasteiger partial charge in [0, 0.05) is 19.5 Å². The van der Waals surface area contributed by atoms with E-state index < -0.39 is 10.0 Å². The van der Waals surface area contributed by atoms with E-state index in [0.29, 0.717) is 18.9 Å². The van der Waals surface area contributed by atoms with E-state index in [0.717, 1.165) is 25.8 Å². The van der Waals surface area contributed by atoms with Gasteiger partial charge in [-0.05, 0) is 38.3 Å². The largest absolute Gasteiger partial charge is 0.355 e. The van der Waals surface area contributed by atoms with E-state index in [9.17, 15) is 13.2 Å². The van der Waals surface area contributed by atoms with Gasteiger partial charge in [0.15, 0.2) is 0 Å². The van der Waals surface area contributed by atoms with Crippen LogP contribution in [0.1, 0.15) is 25.7 Å². The molecule has 106 valence electrons. The van der Waals surface area contributed by atoms with Gasteiger partial charge in [-0.25, -0.2) is 13.1 Å². The van der Waals surface area contributed by atoms with E-state index in [-0.39, 0.29) is 12.5 Å². The molecule has 1 heterocycles. The molecule has 0 aromatic carbocycles. The summed E-state index contributed by atoms with van der Waals surface area (Å²) < 4.78 is 23.9. The van der Waals surface area contributed by atoms with Gasteiger partial charge in [-0.3, -0.25) is 4.79 Å². The Morgan fingerprint density at radius 1 is 1.39 bits per heavy atom. The molecule has 0 spiro atoms. The van der Waals surface area contributed by atoms with E-state index >= 15 is 0 Å². The molecule has 1 aliphatic rings. The summed E-state index contributed by atoms with van der Waals surface area (Å²) in [5.41, 5.74) is 0. The summed E-state index contributed by atoms with van der Waals surface area (Å²) >= 11 is 0. The molecule has 0 saturated carbocycles. The predicted molar refractivity (Wildman–Crippen MR) is 70.7 cm³/mol. The third-order valence-electron chi connectivity index (χ3n) is 2.99. The number of piperidine rings is 1. The molecule has 18 heavy (non-hydrogen) atoms. The summed E-state index contributed by atoms with van der Waals surface area (Å²) in [6.07, 6.45) is 4.90. The molecule has 3 N–H and O–H groups in total. The van der Waals surface area contributed by atoms with Gasteiger partial charge in [-0.1, -0.05) is 0 Å². The fourth-order valence-electron chi connectivity index (χ4n) is 2.03. The van der Waals surface area contributed by atoms with Gasteiger partial charge in [-0.2, -0.15) is 0 Å². The molecule has 0 bridgehead atoms. The average Bonchev–Trinajstić information content (AvgIpc) is 2.32. The molecule has 0 aliphatic carbocycles. The van der Waals surface area contributed by atoms with Crippen molar-refractivity contribution in [2.45, 2.75) is 25.7 Å². The molecule has 1 fully saturated rings. The second kappa shape index (κ2) is 7.70. The maximum Gasteiger partial charge on any atom is 0.220 e. The van der Waals surface area contributed by atoms with Gasteiger partial charge in [0.05, 0.1) is 6.26 Å². The Morgan fingerprint density at radius 2 is 2.17 bits per heavy atom. The van der Waals surface area contributed by atoms with Crippen LogP contribution >= 0.6 is 0 Å². The van der Waals surface area contributed by atoms with Gasteiger partial charge >= 0.3 is 0 Å². The Balaban J connectivity index is 2.03. The third kappa shape index (κ3) is 7.62. The van der Waals surface area contributed by atoms with E-state index in [1.54, 1.807) is 0 Å². The zero-order chi connectivity index (χ0) is 13.4. The van der Waals surface area contributed by atoms with Crippen LogP contribution in [0.3, 0.4) is 0 Å². The van der Waals surface area contributed by atoms with Crippen LogP contribution in [0.25, 0.3) is 0 Å². The average molecular weight is 277 g/mol. The second-order valence-corrected chi connectivity index (χ2v) is 6.60. The zero-order valence-corrected chi connectivity index (χ0v) is 11.7. The van der Waals surface area contributed by atoms with Crippen molar-refractivity contribution in [3.05, 3.63) is 0 Å². The fourth-order valence-corrected chi connectivity index (χ4v) is 2.51. The first-order valence-corrected chi connectivity index (χ1v) is 8.28. The van der Waals surface area contributed by atoms with Crippen LogP contribution in [0.5, 0.6) is 0 Å². The Labute approximate surface area is 109 Å². The topological polar surface area (TPSA) is 87.3 Å². The molecular formula is C11H23N3O3S. The number of nitrogens with one attached hydrogen (secondary N) is 3. The summed E-state index contributed by atoms with van der Waals surface area (Å²) in [6.45, 7) is 2.67. The Hall–Kier alpha value is -0.660. The normalized spacial score (nSPS) is 20.6. The van der Waals surface area contributed by atoms with Crippen LogP contribution < -0.4 is 15.4 Å². The molecule has 0 radical (unpaired) electrons. The maximum absolute atomic E-state index is 11.5. The highest BCUT2D eigenvalue weighted by atomic mass is 32.2. The first-order valence-electron chi connectivity index (χ1n) is 6.39. The first-order chi connectivity index (χ1) is 8.47. The van der Waals surface area contributed by atoms with Crippen molar-refractivity contribution in [3.63, 3.8) is 0 Å². The lowest BCUT2D eigenvalue weighted by atomic mass is 9.94. The SMILES string of the molecule is CS(=O)(=O)NCCNC(=O)CCC1CCCNC1. The minimum atomic E-state index is -3.16. The van der Waals surface area contributed by atoms with Crippen molar-refractivity contribution in [2.75, 3.05) is 32.4 Å². The fraction of sp³-hybridized carbons (Fsp3) is 0.909. The van der Waals surface area contributed by atoms with Gasteiger partial charge in [0.2, 0.25) is 15.9 Å². The molecule has 1 unspecified atom stereocenters. The molecule has 1 aliphatic heterocycles. The van der Waals surface area contributed by atoms with Crippen molar-refractivity contribution in [1.82, 2.24) is 15.4 Å². The molecule has 0 aromatic heterocycles. The molecule has 1 amide bonds. The summed E-state index contributed by atoms with van der Waals surface area (Å²) in [5.74, 6) is 0.592. The lowest BCUT2D eigenvalue weighted by Gasteiger charge is -2.22. The summed E-state index contributed by atoms with van der Waals surface area (Å²) in [6, 6.07) is 0. The lowest BCUT2D eigenvalue weighted by Crippen LogP contribution is -2.35. The van der Waals surface area contributed by atoms with Crippen LogP contribution in [-0.4, -0.2) is 46.8 Å². The smallest absolute Gasteiger partial charge is 0.220 e. The van der Waals surface area contributed by atoms with Crippen molar-refractivity contribution in [2.24, 2.45) is 5.92 Å². The highest BCUT2D eigenvalue weighted by Crippen LogP contribution is 2.15. The monoisotopic (exact) mass is 277 g/mol. The van der Waals surface area contributed by atoms with Crippen LogP contribution in [-0.2, 0) is 14.8 Å². The van der Waals surface area contributed by atoms with Crippen molar-refractivity contribution in [3.8, 4) is 0 Å². The van der Waals surface area contributed by atoms with Gasteiger partial charge in [-0.15, -0.1) is 0 Å². The number of carbonyl (C=O) groups is 1. The molecule has 6 nitrogen and oxygen atoms in total. The van der Waals surface area contributed by atoms with Crippen molar-refractivity contribution in [1.29, 1.82) is 0 Å². The quantitative estimate of drug-likeness (QED) is 0.544. The van der Waals surface area contributed by atoms with Crippen LogP contribution in [0.4, 0.5) is 0 Å². The summed E-state index contributed by atoms with van der Waals surface area (Å²) in [4.78, 5) is 11.5. The number of sulfonamides is 1. The molecule has 0 aromatic rings. The van der Waals surface area contributed by atoms with E-state index in [1.807, 2.05) is 0 Å².